The number of rotatable bonds is 59. The number of nitrogens with one attached hydrogen (secondary N) is 7. The van der Waals surface area contributed by atoms with Crippen LogP contribution in [0.4, 0.5) is 37.1 Å². The lowest BCUT2D eigenvalue weighted by Gasteiger charge is -2.28. The van der Waals surface area contributed by atoms with E-state index in [2.05, 4.69) is 73.3 Å². The number of hydrogen-bond donors (Lipinski definition) is 9. The first kappa shape index (κ1) is 111. The first-order valence-corrected chi connectivity index (χ1v) is 49.0. The number of halogens is 1. The number of nitrogens with two attached hydrogens (primary N) is 1. The van der Waals surface area contributed by atoms with Gasteiger partial charge in [-0.1, -0.05) is 130 Å². The number of carbonyl (C=O) groups excluding carboxylic acids is 11. The molecule has 2 aliphatic heterocycles. The first-order valence-electron chi connectivity index (χ1n) is 48.5. The van der Waals surface area contributed by atoms with Gasteiger partial charge in [0.2, 0.25) is 35.4 Å². The molecule has 0 saturated carbocycles. The maximum Gasteiger partial charge on any atom is 0.415 e. The lowest BCUT2D eigenvalue weighted by atomic mass is 9.92. The third-order valence-corrected chi connectivity index (χ3v) is 23.8. The van der Waals surface area contributed by atoms with Crippen LogP contribution < -0.4 is 57.5 Å². The summed E-state index contributed by atoms with van der Waals surface area (Å²) in [5, 5.41) is 39.5. The first-order chi connectivity index (χ1) is 69.5. The Morgan fingerprint density at radius 1 is 0.590 bits per heavy atom. The standard InChI is InChI=1S/C103H134ClN17O23/c1-69(2)93(113-89(125)35-44-135-50-54-140-57-59-141-55-51-136-45-37-106-87(123)32-33-90(126)119-63-74-16-9-10-17-78(74)94-95(79-18-11-12-21-83(79)119)121(115-114-94)41-47-138-52-56-142-60-58-139-53-49-134-43-34-88(124)108-68-103(5,6)7)98(129)112-81(20-14-36-107-100(105)131)97(128)109-76-28-24-72(25-29-76)67-143-101(132)116(8)38-39-117(40-46-137-48-42-122)102(133)144-85-61-84-92(91-71(4)15-13-19-80(85)91)75(62-104)64-120(84)99(130)82-66-118-65-77(30-31-86(118)111-82)110-96(127)73-26-22-70(3)23-27-73/h9-13,15-19,21-31,61,65-66,69,75,81,93,122H,14,20,32-60,62-64,67-68H2,1-8H3,(H,106,123)(H,108,124)(H,109,128)(H,110,127)(H,112,129)(H,113,125)(H3,105,107,131)/t75-,81+,93+/m1/s1. The van der Waals surface area contributed by atoms with Gasteiger partial charge in [-0.15, -0.1) is 16.7 Å². The number of imidazole rings is 1. The van der Waals surface area contributed by atoms with E-state index in [1.165, 1.54) is 16.8 Å². The summed E-state index contributed by atoms with van der Waals surface area (Å²) < 4.78 is 66.3. The quantitative estimate of drug-likeness (QED) is 0.0126. The van der Waals surface area contributed by atoms with E-state index in [0.29, 0.717) is 123 Å². The maximum absolute atomic E-state index is 14.7. The topological polar surface area (TPSA) is 481 Å². The zero-order chi connectivity index (χ0) is 103. The number of likely N-dealkylation sites (N-methyl/N-ethyl adjacent to an activating group) is 1. The van der Waals surface area contributed by atoms with E-state index in [4.69, 9.17) is 69.4 Å². The van der Waals surface area contributed by atoms with Crippen LogP contribution in [0.1, 0.15) is 128 Å². The van der Waals surface area contributed by atoms with Crippen molar-refractivity contribution < 1.29 is 110 Å². The van der Waals surface area contributed by atoms with Crippen molar-refractivity contribution in [2.75, 3.05) is 205 Å². The minimum Gasteiger partial charge on any atom is -0.445 e. The van der Waals surface area contributed by atoms with Crippen molar-refractivity contribution in [3.63, 3.8) is 0 Å². The van der Waals surface area contributed by atoms with Gasteiger partial charge in [0.25, 0.3) is 11.8 Å². The number of carbonyl (C=O) groups is 11. The van der Waals surface area contributed by atoms with Crippen molar-refractivity contribution in [1.29, 1.82) is 0 Å². The number of aromatic nitrogens is 5. The number of fused-ring (bicyclic) bond motifs is 9. The van der Waals surface area contributed by atoms with Gasteiger partial charge in [-0.2, -0.15) is 0 Å². The Morgan fingerprint density at radius 2 is 1.22 bits per heavy atom. The van der Waals surface area contributed by atoms with Gasteiger partial charge in [-0.05, 0) is 108 Å². The lowest BCUT2D eigenvalue weighted by molar-refractivity contribution is -0.132. The Labute approximate surface area is 842 Å². The number of amides is 12. The van der Waals surface area contributed by atoms with Crippen LogP contribution in [0.15, 0.2) is 146 Å². The van der Waals surface area contributed by atoms with E-state index in [1.807, 2.05) is 92.7 Å². The van der Waals surface area contributed by atoms with Crippen LogP contribution in [0, 0.1) is 25.2 Å². The van der Waals surface area contributed by atoms with Gasteiger partial charge < -0.3 is 124 Å². The average molecular weight is 2010 g/mol. The van der Waals surface area contributed by atoms with Gasteiger partial charge >= 0.3 is 18.2 Å². The molecule has 40 nitrogen and oxygen atoms in total. The van der Waals surface area contributed by atoms with Gasteiger partial charge in [-0.3, -0.25) is 38.4 Å². The van der Waals surface area contributed by atoms with Gasteiger partial charge in [0.05, 0.1) is 161 Å². The van der Waals surface area contributed by atoms with Gasteiger partial charge in [0, 0.05) is 137 Å². The number of ether oxygens (including phenoxy) is 11. The van der Waals surface area contributed by atoms with Crippen LogP contribution in [0.25, 0.3) is 38.9 Å². The van der Waals surface area contributed by atoms with Crippen LogP contribution in [0.2, 0.25) is 0 Å². The largest absolute Gasteiger partial charge is 0.445 e. The highest BCUT2D eigenvalue weighted by molar-refractivity contribution is 6.19. The number of para-hydroxylation sites is 1. The van der Waals surface area contributed by atoms with Gasteiger partial charge in [0.15, 0.2) is 0 Å². The van der Waals surface area contributed by atoms with E-state index < -0.39 is 59.8 Å². The summed E-state index contributed by atoms with van der Waals surface area (Å²) in [6.07, 6.45) is 2.14. The van der Waals surface area contributed by atoms with E-state index in [9.17, 15) is 57.8 Å². The molecule has 2 aliphatic rings. The average Bonchev–Trinajstić information content (AvgIpc) is 1.57. The summed E-state index contributed by atoms with van der Waals surface area (Å²) in [4.78, 5) is 159. The van der Waals surface area contributed by atoms with Crippen molar-refractivity contribution in [3.05, 3.63) is 185 Å². The van der Waals surface area contributed by atoms with Crippen molar-refractivity contribution in [1.82, 2.24) is 60.8 Å². The van der Waals surface area contributed by atoms with E-state index in [1.54, 1.807) is 99.7 Å². The molecule has 9 aromatic rings. The number of primary amides is 1. The fraction of sp³-hybridized carbons (Fsp3) is 0.476. The number of anilines is 4. The van der Waals surface area contributed by atoms with E-state index in [-0.39, 0.29) is 209 Å². The second-order valence-corrected chi connectivity index (χ2v) is 36.4. The normalized spacial score (nSPS) is 13.1. The molecule has 0 fully saturated rings. The summed E-state index contributed by atoms with van der Waals surface area (Å²) in [7, 11) is 1.50. The van der Waals surface area contributed by atoms with Crippen molar-refractivity contribution >= 4 is 116 Å². The molecule has 776 valence electrons. The van der Waals surface area contributed by atoms with Crippen LogP contribution in [-0.2, 0) is 95.8 Å². The molecule has 0 radical (unpaired) electrons. The third-order valence-electron chi connectivity index (χ3n) is 23.5. The van der Waals surface area contributed by atoms with Crippen LogP contribution >= 0.6 is 11.6 Å². The predicted octanol–water partition coefficient (Wildman–Crippen LogP) is 9.87. The molecule has 3 atom stereocenters. The highest BCUT2D eigenvalue weighted by atomic mass is 35.5. The molecule has 10 N–H and O–H groups in total. The monoisotopic (exact) mass is 2010 g/mol. The molecule has 12 amide bonds. The molecule has 3 aromatic heterocycles. The minimum atomic E-state index is -1.14. The zero-order valence-electron chi connectivity index (χ0n) is 83.0. The third kappa shape index (κ3) is 34.3. The Bertz CT molecular complexity index is 5760. The minimum absolute atomic E-state index is 0.000727. The Balaban J connectivity index is 0.551. The van der Waals surface area contributed by atoms with E-state index in [0.717, 1.165) is 44.5 Å². The van der Waals surface area contributed by atoms with Crippen LogP contribution in [-0.4, -0.2) is 301 Å². The van der Waals surface area contributed by atoms with Gasteiger partial charge in [0.1, 0.15) is 41.5 Å². The molecule has 0 unspecified atom stereocenters. The number of alkyl halides is 1. The zero-order valence-corrected chi connectivity index (χ0v) is 83.8. The maximum atomic E-state index is 14.7. The number of nitrogens with zero attached hydrogens (tertiary/aromatic N) is 9. The molecule has 41 heteroatoms. The molecule has 0 bridgehead atoms. The molecule has 11 rings (SSSR count). The summed E-state index contributed by atoms with van der Waals surface area (Å²) in [6.45, 7) is 19.3. The lowest BCUT2D eigenvalue weighted by Crippen LogP contribution is -2.54. The SMILES string of the molecule is Cc1ccc(C(=O)Nc2ccc3nc(C(=O)N4C[C@@H](CCl)c5c4cc(OC(=O)N(CCOCCO)CCN(C)C(=O)OCc4ccc(NC(=O)[C@H](CCCNC(N)=O)NC(=O)[C@@H](NC(=O)CCOCCOCCOCCOCCNC(=O)CCC(=O)N6Cc7ccccc7-c7nnn(CCOCCOCCOCCOCCC(=O)NCC(C)(C)C)c7-c7ccccc76)C(C)C)cc4)c4cccc(C)c54)cn3c2)cc1. The van der Waals surface area contributed by atoms with Crippen molar-refractivity contribution in [3.8, 4) is 28.3 Å². The molecule has 6 aromatic carbocycles. The molecule has 0 saturated heterocycles. The van der Waals surface area contributed by atoms with Gasteiger partial charge in [-0.25, -0.2) is 24.0 Å². The summed E-state index contributed by atoms with van der Waals surface area (Å²) in [5.74, 6) is -3.43. The Morgan fingerprint density at radius 3 is 1.89 bits per heavy atom. The molecular formula is C103H134ClN17O23. The summed E-state index contributed by atoms with van der Waals surface area (Å²) in [6, 6.07) is 36.6. The fourth-order valence-electron chi connectivity index (χ4n) is 15.8. The van der Waals surface area contributed by atoms with Crippen molar-refractivity contribution in [2.24, 2.45) is 17.1 Å². The summed E-state index contributed by atoms with van der Waals surface area (Å²) in [5.41, 5.74) is 15.4. The smallest absolute Gasteiger partial charge is 0.415 e. The van der Waals surface area contributed by atoms with Crippen LogP contribution in [0.5, 0.6) is 5.75 Å². The number of aliphatic hydroxyl groups is 1. The molecular weight excluding hydrogens is 1880 g/mol. The number of aliphatic hydroxyl groups excluding tert-OH is 1. The second-order valence-electron chi connectivity index (χ2n) is 36.1. The highest BCUT2D eigenvalue weighted by Gasteiger charge is 2.39. The number of benzene rings is 6. The van der Waals surface area contributed by atoms with Crippen LogP contribution in [0.3, 0.4) is 0 Å². The number of pyridine rings is 1. The Kier molecular flexibility index (Phi) is 44.3. The summed E-state index contributed by atoms with van der Waals surface area (Å²) >= 11 is 6.70. The van der Waals surface area contributed by atoms with Crippen molar-refractivity contribution in [2.45, 2.75) is 125 Å². The molecule has 144 heavy (non-hydrogen) atoms. The number of urea groups is 1. The number of hydrogen-bond acceptors (Lipinski definition) is 26. The second kappa shape index (κ2) is 57.4. The molecule has 5 heterocycles. The highest BCUT2D eigenvalue weighted by Crippen LogP contribution is 2.48. The fourth-order valence-corrected chi connectivity index (χ4v) is 16.1. The number of aryl methyl sites for hydroxylation is 2. The molecule has 0 spiro atoms. The molecule has 0 aliphatic carbocycles. The predicted molar refractivity (Wildman–Crippen MR) is 540 cm³/mol. The Hall–Kier alpha value is -13.1. The van der Waals surface area contributed by atoms with E-state index >= 15 is 0 Å².